The van der Waals surface area contributed by atoms with Crippen LogP contribution >= 0.6 is 0 Å². The molecule has 0 saturated heterocycles. The minimum Gasteiger partial charge on any atom is -0.313 e. The van der Waals surface area contributed by atoms with Crippen LogP contribution in [0.15, 0.2) is 42.6 Å². The summed E-state index contributed by atoms with van der Waals surface area (Å²) >= 11 is 0. The highest BCUT2D eigenvalue weighted by atomic mass is 14.9. The number of rotatable bonds is 4. The molecule has 1 atom stereocenters. The minimum atomic E-state index is 0.341. The van der Waals surface area contributed by atoms with E-state index in [1.807, 2.05) is 20.2 Å². The molecule has 0 amide bonds. The predicted molar refractivity (Wildman–Crippen MR) is 75.7 cm³/mol. The van der Waals surface area contributed by atoms with Crippen molar-refractivity contribution in [3.63, 3.8) is 0 Å². The molecule has 1 aromatic heterocycles. The highest BCUT2D eigenvalue weighted by Crippen LogP contribution is 2.18. The second kappa shape index (κ2) is 5.78. The number of likely N-dealkylation sites (N-methyl/N-ethyl adjacent to an activating group) is 1. The molecular formula is C16H20N2. The van der Waals surface area contributed by atoms with E-state index in [-0.39, 0.29) is 0 Å². The van der Waals surface area contributed by atoms with Crippen molar-refractivity contribution in [3.05, 3.63) is 65.0 Å². The summed E-state index contributed by atoms with van der Waals surface area (Å²) in [7, 11) is 2.01. The quantitative estimate of drug-likeness (QED) is 0.887. The molecule has 94 valence electrons. The molecule has 1 N–H and O–H groups in total. The number of pyridine rings is 1. The van der Waals surface area contributed by atoms with Gasteiger partial charge in [-0.25, -0.2) is 0 Å². The average molecular weight is 240 g/mol. The molecule has 2 rings (SSSR count). The van der Waals surface area contributed by atoms with Crippen LogP contribution < -0.4 is 5.32 Å². The lowest BCUT2D eigenvalue weighted by atomic mass is 9.98. The van der Waals surface area contributed by atoms with E-state index >= 15 is 0 Å². The molecule has 0 aliphatic rings. The molecule has 0 saturated carbocycles. The Morgan fingerprint density at radius 2 is 2.00 bits per heavy atom. The van der Waals surface area contributed by atoms with Gasteiger partial charge in [-0.1, -0.05) is 29.8 Å². The van der Waals surface area contributed by atoms with Crippen molar-refractivity contribution in [2.45, 2.75) is 26.3 Å². The number of aryl methyl sites for hydroxylation is 2. The molecule has 1 aromatic carbocycles. The van der Waals surface area contributed by atoms with Gasteiger partial charge in [0.1, 0.15) is 0 Å². The first-order valence-electron chi connectivity index (χ1n) is 6.34. The van der Waals surface area contributed by atoms with Crippen LogP contribution in [-0.2, 0) is 6.42 Å². The molecule has 0 aliphatic heterocycles. The fraction of sp³-hybridized carbons (Fsp3) is 0.312. The summed E-state index contributed by atoms with van der Waals surface area (Å²) in [6.07, 6.45) is 2.88. The molecule has 2 nitrogen and oxygen atoms in total. The highest BCUT2D eigenvalue weighted by Gasteiger charge is 2.10. The Morgan fingerprint density at radius 3 is 2.67 bits per heavy atom. The van der Waals surface area contributed by atoms with Crippen LogP contribution in [0.1, 0.15) is 28.4 Å². The number of benzene rings is 1. The van der Waals surface area contributed by atoms with Gasteiger partial charge < -0.3 is 5.32 Å². The molecule has 2 aromatic rings. The molecule has 0 fully saturated rings. The molecule has 18 heavy (non-hydrogen) atoms. The standard InChI is InChI=1S/C16H20N2/c1-12-5-4-6-14(9-12)11-16(17-3)15-7-8-18-13(2)10-15/h4-10,16-17H,11H2,1-3H3. The molecule has 1 unspecified atom stereocenters. The number of nitrogens with one attached hydrogen (secondary N) is 1. The zero-order valence-corrected chi connectivity index (χ0v) is 11.3. The maximum Gasteiger partial charge on any atom is 0.0375 e. The zero-order chi connectivity index (χ0) is 13.0. The smallest absolute Gasteiger partial charge is 0.0375 e. The summed E-state index contributed by atoms with van der Waals surface area (Å²) in [5.74, 6) is 0. The second-order valence-electron chi connectivity index (χ2n) is 4.76. The lowest BCUT2D eigenvalue weighted by molar-refractivity contribution is 0.590. The third-order valence-electron chi connectivity index (χ3n) is 3.19. The summed E-state index contributed by atoms with van der Waals surface area (Å²) in [4.78, 5) is 4.25. The van der Waals surface area contributed by atoms with Gasteiger partial charge in [0.2, 0.25) is 0 Å². The highest BCUT2D eigenvalue weighted by molar-refractivity contribution is 5.26. The van der Waals surface area contributed by atoms with E-state index in [9.17, 15) is 0 Å². The maximum atomic E-state index is 4.25. The van der Waals surface area contributed by atoms with Crippen LogP contribution in [0.4, 0.5) is 0 Å². The van der Waals surface area contributed by atoms with E-state index in [2.05, 4.69) is 53.6 Å². The normalized spacial score (nSPS) is 12.4. The van der Waals surface area contributed by atoms with Crippen LogP contribution in [0, 0.1) is 13.8 Å². The monoisotopic (exact) mass is 240 g/mol. The summed E-state index contributed by atoms with van der Waals surface area (Å²) < 4.78 is 0. The Bertz CT molecular complexity index is 520. The SMILES string of the molecule is CNC(Cc1cccc(C)c1)c1ccnc(C)c1. The molecule has 1 heterocycles. The van der Waals surface area contributed by atoms with E-state index in [1.54, 1.807) is 0 Å². The molecular weight excluding hydrogens is 220 g/mol. The molecule has 0 aliphatic carbocycles. The van der Waals surface area contributed by atoms with Crippen molar-refractivity contribution < 1.29 is 0 Å². The first kappa shape index (κ1) is 12.8. The van der Waals surface area contributed by atoms with Crippen molar-refractivity contribution in [3.8, 4) is 0 Å². The number of hydrogen-bond acceptors (Lipinski definition) is 2. The van der Waals surface area contributed by atoms with Crippen molar-refractivity contribution in [1.29, 1.82) is 0 Å². The molecule has 0 spiro atoms. The van der Waals surface area contributed by atoms with Crippen molar-refractivity contribution in [2.75, 3.05) is 7.05 Å². The first-order valence-corrected chi connectivity index (χ1v) is 6.34. The van der Waals surface area contributed by atoms with Gasteiger partial charge in [0, 0.05) is 17.9 Å². The van der Waals surface area contributed by atoms with Crippen molar-refractivity contribution in [2.24, 2.45) is 0 Å². The predicted octanol–water partition coefficient (Wildman–Crippen LogP) is 3.20. The Hall–Kier alpha value is -1.67. The summed E-state index contributed by atoms with van der Waals surface area (Å²) in [5.41, 5.74) is 5.04. The van der Waals surface area contributed by atoms with Crippen LogP contribution in [0.3, 0.4) is 0 Å². The van der Waals surface area contributed by atoms with E-state index in [0.29, 0.717) is 6.04 Å². The van der Waals surface area contributed by atoms with E-state index in [1.165, 1.54) is 16.7 Å². The number of aromatic nitrogens is 1. The van der Waals surface area contributed by atoms with Crippen molar-refractivity contribution >= 4 is 0 Å². The number of hydrogen-bond donors (Lipinski definition) is 1. The van der Waals surface area contributed by atoms with Crippen LogP contribution in [0.2, 0.25) is 0 Å². The second-order valence-corrected chi connectivity index (χ2v) is 4.76. The van der Waals surface area contributed by atoms with E-state index < -0.39 is 0 Å². The fourth-order valence-electron chi connectivity index (χ4n) is 2.25. The molecule has 0 bridgehead atoms. The van der Waals surface area contributed by atoms with Crippen LogP contribution in [-0.4, -0.2) is 12.0 Å². The van der Waals surface area contributed by atoms with Crippen LogP contribution in [0.5, 0.6) is 0 Å². The topological polar surface area (TPSA) is 24.9 Å². The van der Waals surface area contributed by atoms with E-state index in [4.69, 9.17) is 0 Å². The largest absolute Gasteiger partial charge is 0.313 e. The zero-order valence-electron chi connectivity index (χ0n) is 11.3. The summed E-state index contributed by atoms with van der Waals surface area (Å²) in [5, 5.41) is 3.39. The Balaban J connectivity index is 2.19. The Labute approximate surface area is 109 Å². The first-order chi connectivity index (χ1) is 8.69. The van der Waals surface area contributed by atoms with Gasteiger partial charge in [0.15, 0.2) is 0 Å². The van der Waals surface area contributed by atoms with Gasteiger partial charge in [-0.2, -0.15) is 0 Å². The van der Waals surface area contributed by atoms with E-state index in [0.717, 1.165) is 12.1 Å². The Kier molecular flexibility index (Phi) is 4.11. The maximum absolute atomic E-state index is 4.25. The third kappa shape index (κ3) is 3.17. The lowest BCUT2D eigenvalue weighted by Crippen LogP contribution is -2.19. The third-order valence-corrected chi connectivity index (χ3v) is 3.19. The average Bonchev–Trinajstić information content (AvgIpc) is 2.36. The van der Waals surface area contributed by atoms with Gasteiger partial charge in [-0.15, -0.1) is 0 Å². The van der Waals surface area contributed by atoms with Gasteiger partial charge >= 0.3 is 0 Å². The fourth-order valence-corrected chi connectivity index (χ4v) is 2.25. The van der Waals surface area contributed by atoms with Gasteiger partial charge in [0.25, 0.3) is 0 Å². The van der Waals surface area contributed by atoms with Gasteiger partial charge in [0.05, 0.1) is 0 Å². The van der Waals surface area contributed by atoms with Crippen LogP contribution in [0.25, 0.3) is 0 Å². The summed E-state index contributed by atoms with van der Waals surface area (Å²) in [6, 6.07) is 13.3. The summed E-state index contributed by atoms with van der Waals surface area (Å²) in [6.45, 7) is 4.16. The molecule has 2 heteroatoms. The van der Waals surface area contributed by atoms with Gasteiger partial charge in [-0.3, -0.25) is 4.98 Å². The number of nitrogens with zero attached hydrogens (tertiary/aromatic N) is 1. The Morgan fingerprint density at radius 1 is 1.17 bits per heavy atom. The van der Waals surface area contributed by atoms with Crippen molar-refractivity contribution in [1.82, 2.24) is 10.3 Å². The lowest BCUT2D eigenvalue weighted by Gasteiger charge is -2.17. The molecule has 0 radical (unpaired) electrons. The minimum absolute atomic E-state index is 0.341. The van der Waals surface area contributed by atoms with Gasteiger partial charge in [-0.05, 0) is 50.6 Å².